The van der Waals surface area contributed by atoms with Gasteiger partial charge in [0.15, 0.2) is 0 Å². The largest absolute Gasteiger partial charge is 0.337 e. The van der Waals surface area contributed by atoms with Crippen molar-refractivity contribution in [2.45, 2.75) is 31.7 Å². The Morgan fingerprint density at radius 3 is 2.78 bits per heavy atom. The van der Waals surface area contributed by atoms with Gasteiger partial charge in [-0.2, -0.15) is 0 Å². The Labute approximate surface area is 157 Å². The molecule has 4 aliphatic rings. The molecule has 142 valence electrons. The van der Waals surface area contributed by atoms with E-state index in [0.29, 0.717) is 35.0 Å². The fourth-order valence-electron chi connectivity index (χ4n) is 4.77. The van der Waals surface area contributed by atoms with Crippen LogP contribution in [0.15, 0.2) is 29.1 Å². The van der Waals surface area contributed by atoms with Crippen LogP contribution in [0.25, 0.3) is 10.9 Å². The summed E-state index contributed by atoms with van der Waals surface area (Å²) >= 11 is 0. The van der Waals surface area contributed by atoms with Crippen LogP contribution in [0.4, 0.5) is 4.39 Å². The Balaban J connectivity index is 1.46. The van der Waals surface area contributed by atoms with Crippen LogP contribution in [0, 0.1) is 17.7 Å². The van der Waals surface area contributed by atoms with E-state index in [-0.39, 0.29) is 11.5 Å². The molecule has 0 radical (unpaired) electrons. The quantitative estimate of drug-likeness (QED) is 0.905. The Hall–Kier alpha value is -2.21. The van der Waals surface area contributed by atoms with Crippen molar-refractivity contribution in [3.63, 3.8) is 0 Å². The summed E-state index contributed by atoms with van der Waals surface area (Å²) in [5, 5.41) is 0.478. The van der Waals surface area contributed by atoms with Crippen molar-refractivity contribution in [1.29, 1.82) is 0 Å². The van der Waals surface area contributed by atoms with E-state index in [4.69, 9.17) is 0 Å². The van der Waals surface area contributed by atoms with Crippen LogP contribution in [0.5, 0.6) is 0 Å². The van der Waals surface area contributed by atoms with Gasteiger partial charge in [0.25, 0.3) is 5.91 Å². The number of nitrogens with zero attached hydrogens (tertiary/aromatic N) is 2. The van der Waals surface area contributed by atoms with E-state index in [0.717, 1.165) is 38.4 Å². The van der Waals surface area contributed by atoms with E-state index >= 15 is 0 Å². The molecule has 2 aromatic rings. The molecular formula is C21H24FN3O2. The predicted octanol–water partition coefficient (Wildman–Crippen LogP) is 2.61. The topological polar surface area (TPSA) is 56.4 Å². The van der Waals surface area contributed by atoms with Crippen LogP contribution in [0.3, 0.4) is 0 Å². The van der Waals surface area contributed by atoms with Crippen molar-refractivity contribution in [3.8, 4) is 0 Å². The smallest absolute Gasteiger partial charge is 0.254 e. The number of hydrogen-bond donors (Lipinski definition) is 1. The Bertz CT molecular complexity index is 952. The summed E-state index contributed by atoms with van der Waals surface area (Å²) in [6, 6.07) is 5.88. The zero-order valence-electron chi connectivity index (χ0n) is 15.3. The van der Waals surface area contributed by atoms with Crippen molar-refractivity contribution in [2.24, 2.45) is 11.8 Å². The Morgan fingerprint density at radius 2 is 1.96 bits per heavy atom. The molecule has 4 fully saturated rings. The van der Waals surface area contributed by atoms with E-state index < -0.39 is 5.82 Å². The van der Waals surface area contributed by atoms with Crippen LogP contribution in [0.1, 0.15) is 36.0 Å². The highest BCUT2D eigenvalue weighted by molar-refractivity contribution is 6.06. The normalized spacial score (nSPS) is 25.7. The molecule has 1 amide bonds. The maximum absolute atomic E-state index is 13.8. The first-order valence-electron chi connectivity index (χ1n) is 9.93. The second kappa shape index (κ2) is 6.44. The summed E-state index contributed by atoms with van der Waals surface area (Å²) in [4.78, 5) is 32.5. The molecule has 4 heterocycles. The number of carbonyl (C=O) groups excluding carboxylic acids is 1. The van der Waals surface area contributed by atoms with E-state index in [9.17, 15) is 14.0 Å². The molecule has 0 spiro atoms. The third kappa shape index (κ3) is 3.27. The Morgan fingerprint density at radius 1 is 1.11 bits per heavy atom. The lowest BCUT2D eigenvalue weighted by atomic mass is 9.95. The molecule has 1 aromatic carbocycles. The highest BCUT2D eigenvalue weighted by Gasteiger charge is 2.38. The maximum Gasteiger partial charge on any atom is 0.254 e. The lowest BCUT2D eigenvalue weighted by Gasteiger charge is -2.36. The maximum atomic E-state index is 13.8. The molecule has 27 heavy (non-hydrogen) atoms. The number of carbonyl (C=O) groups is 1. The van der Waals surface area contributed by atoms with Crippen LogP contribution in [0.2, 0.25) is 0 Å². The summed E-state index contributed by atoms with van der Waals surface area (Å²) in [7, 11) is 0. The molecule has 5 nitrogen and oxygen atoms in total. The van der Waals surface area contributed by atoms with Crippen LogP contribution < -0.4 is 5.56 Å². The van der Waals surface area contributed by atoms with E-state index in [1.165, 1.54) is 37.1 Å². The van der Waals surface area contributed by atoms with Gasteiger partial charge in [-0.05, 0) is 55.7 Å². The van der Waals surface area contributed by atoms with Gasteiger partial charge >= 0.3 is 0 Å². The number of nitrogens with one attached hydrogen (secondary N) is 1. The minimum absolute atomic E-state index is 0.151. The number of aromatic nitrogens is 1. The van der Waals surface area contributed by atoms with Gasteiger partial charge in [0.1, 0.15) is 5.82 Å². The average Bonchev–Trinajstić information content (AvgIpc) is 3.48. The first kappa shape index (κ1) is 16.9. The molecule has 0 unspecified atom stereocenters. The minimum Gasteiger partial charge on any atom is -0.337 e. The number of rotatable bonds is 3. The summed E-state index contributed by atoms with van der Waals surface area (Å²) in [6.07, 6.45) is 4.95. The molecule has 2 atom stereocenters. The first-order valence-corrected chi connectivity index (χ1v) is 9.93. The van der Waals surface area contributed by atoms with Gasteiger partial charge in [-0.25, -0.2) is 4.39 Å². The standard InChI is InChI=1S/C21H24FN3O2/c22-15-4-6-19-17(7-15)18(8-20(26)23-19)21(27)25-11-14-3-5-16(12-25)24(10-14)9-13-1-2-13/h4,6-8,13-14,16H,1-3,5,9-12H2,(H,23,26)/t14-,16-/m1/s1. The van der Waals surface area contributed by atoms with E-state index in [1.807, 2.05) is 4.90 Å². The van der Waals surface area contributed by atoms with Crippen molar-refractivity contribution in [2.75, 3.05) is 26.2 Å². The van der Waals surface area contributed by atoms with Gasteiger partial charge in [-0.1, -0.05) is 0 Å². The van der Waals surface area contributed by atoms with Crippen LogP contribution in [-0.4, -0.2) is 52.9 Å². The molecule has 3 aliphatic heterocycles. The van der Waals surface area contributed by atoms with E-state index in [2.05, 4.69) is 9.88 Å². The lowest BCUT2D eigenvalue weighted by molar-refractivity contribution is 0.0738. The van der Waals surface area contributed by atoms with Gasteiger partial charge in [-0.15, -0.1) is 0 Å². The molecule has 3 saturated heterocycles. The lowest BCUT2D eigenvalue weighted by Crippen LogP contribution is -2.45. The van der Waals surface area contributed by atoms with Gasteiger partial charge in [0.2, 0.25) is 5.56 Å². The SMILES string of the molecule is O=C(c1cc(=O)[nH]c2ccc(F)cc12)N1C[C@@H]2CC[C@H](C1)N(CC1CC1)C2. The van der Waals surface area contributed by atoms with Crippen molar-refractivity contribution in [1.82, 2.24) is 14.8 Å². The molecule has 1 N–H and O–H groups in total. The molecule has 6 heteroatoms. The number of halogens is 1. The zero-order valence-corrected chi connectivity index (χ0v) is 15.3. The van der Waals surface area contributed by atoms with Gasteiger partial charge in [-0.3, -0.25) is 14.5 Å². The number of hydrogen-bond acceptors (Lipinski definition) is 3. The van der Waals surface area contributed by atoms with Crippen molar-refractivity contribution >= 4 is 16.8 Å². The monoisotopic (exact) mass is 369 g/mol. The van der Waals surface area contributed by atoms with Crippen molar-refractivity contribution < 1.29 is 9.18 Å². The second-order valence-corrected chi connectivity index (χ2v) is 8.44. The highest BCUT2D eigenvalue weighted by Crippen LogP contribution is 2.35. The fourth-order valence-corrected chi connectivity index (χ4v) is 4.77. The van der Waals surface area contributed by atoms with E-state index in [1.54, 1.807) is 0 Å². The van der Waals surface area contributed by atoms with Crippen LogP contribution in [-0.2, 0) is 0 Å². The van der Waals surface area contributed by atoms with Gasteiger partial charge in [0.05, 0.1) is 5.56 Å². The number of benzene rings is 1. The summed E-state index contributed by atoms with van der Waals surface area (Å²) in [5.74, 6) is 0.765. The zero-order chi connectivity index (χ0) is 18.5. The third-order valence-electron chi connectivity index (χ3n) is 6.34. The number of fused-ring (bicyclic) bond motifs is 5. The first-order chi connectivity index (χ1) is 13.1. The summed E-state index contributed by atoms with van der Waals surface area (Å²) in [5.41, 5.74) is 0.481. The number of aromatic amines is 1. The Kier molecular flexibility index (Phi) is 4.04. The summed E-state index contributed by atoms with van der Waals surface area (Å²) < 4.78 is 13.8. The number of amides is 1. The number of H-pyrrole nitrogens is 1. The number of piperidine rings is 1. The molecule has 1 aromatic heterocycles. The highest BCUT2D eigenvalue weighted by atomic mass is 19.1. The van der Waals surface area contributed by atoms with Gasteiger partial charge in [0, 0.05) is 49.2 Å². The van der Waals surface area contributed by atoms with Gasteiger partial charge < -0.3 is 9.88 Å². The predicted molar refractivity (Wildman–Crippen MR) is 101 cm³/mol. The third-order valence-corrected chi connectivity index (χ3v) is 6.34. The second-order valence-electron chi connectivity index (χ2n) is 8.44. The molecule has 2 bridgehead atoms. The molecule has 1 saturated carbocycles. The average molecular weight is 369 g/mol. The van der Waals surface area contributed by atoms with Crippen molar-refractivity contribution in [3.05, 3.63) is 46.0 Å². The molecule has 1 aliphatic carbocycles. The minimum atomic E-state index is -0.407. The summed E-state index contributed by atoms with van der Waals surface area (Å²) in [6.45, 7) is 3.64. The fraction of sp³-hybridized carbons (Fsp3) is 0.524. The number of pyridine rings is 1. The van der Waals surface area contributed by atoms with Crippen LogP contribution >= 0.6 is 0 Å². The molecular weight excluding hydrogens is 345 g/mol. The molecule has 6 rings (SSSR count).